The summed E-state index contributed by atoms with van der Waals surface area (Å²) in [5.41, 5.74) is 8.31. The summed E-state index contributed by atoms with van der Waals surface area (Å²) in [6.07, 6.45) is 0.900. The van der Waals surface area contributed by atoms with E-state index in [0.29, 0.717) is 12.5 Å². The van der Waals surface area contributed by atoms with E-state index in [2.05, 4.69) is 58.4 Å². The molecule has 2 N–H and O–H groups in total. The molecule has 1 heterocycles. The minimum absolute atomic E-state index is 0.323. The molecule has 102 valence electrons. The van der Waals surface area contributed by atoms with Gasteiger partial charge in [-0.2, -0.15) is 0 Å². The van der Waals surface area contributed by atoms with Gasteiger partial charge in [-0.05, 0) is 36.4 Å². The number of rotatable bonds is 4. The second-order valence-corrected chi connectivity index (χ2v) is 6.79. The van der Waals surface area contributed by atoms with Crippen molar-refractivity contribution in [3.63, 3.8) is 0 Å². The molecule has 1 atom stereocenters. The number of halogens is 1. The molecular formula is C16H15BrN2S. The smallest absolute Gasteiger partial charge is 0.0945 e. The zero-order valence-corrected chi connectivity index (χ0v) is 13.3. The fourth-order valence-corrected chi connectivity index (χ4v) is 3.60. The topological polar surface area (TPSA) is 38.9 Å². The van der Waals surface area contributed by atoms with Gasteiger partial charge in [-0.3, -0.25) is 0 Å². The Morgan fingerprint density at radius 3 is 2.55 bits per heavy atom. The average Bonchev–Trinajstić information content (AvgIpc) is 2.88. The first kappa shape index (κ1) is 13.7. The second kappa shape index (κ2) is 6.04. The van der Waals surface area contributed by atoms with Gasteiger partial charge in [0.25, 0.3) is 0 Å². The van der Waals surface area contributed by atoms with Gasteiger partial charge in [0.2, 0.25) is 0 Å². The van der Waals surface area contributed by atoms with E-state index in [1.165, 1.54) is 10.3 Å². The lowest BCUT2D eigenvalue weighted by atomic mass is 9.96. The predicted molar refractivity (Wildman–Crippen MR) is 89.3 cm³/mol. The Labute approximate surface area is 130 Å². The highest BCUT2D eigenvalue weighted by Gasteiger charge is 2.13. The van der Waals surface area contributed by atoms with Crippen LogP contribution in [-0.2, 0) is 6.42 Å². The molecule has 3 aromatic rings. The number of fused-ring (bicyclic) bond motifs is 1. The lowest BCUT2D eigenvalue weighted by molar-refractivity contribution is 0.692. The van der Waals surface area contributed by atoms with E-state index in [1.807, 2.05) is 6.07 Å². The maximum atomic E-state index is 5.95. The fraction of sp³-hybridized carbons (Fsp3) is 0.188. The summed E-state index contributed by atoms with van der Waals surface area (Å²) in [5.74, 6) is 0.323. The van der Waals surface area contributed by atoms with E-state index in [0.717, 1.165) is 21.4 Å². The zero-order chi connectivity index (χ0) is 13.9. The summed E-state index contributed by atoms with van der Waals surface area (Å²) in [6.45, 7) is 0.636. The van der Waals surface area contributed by atoms with Crippen LogP contribution in [0.5, 0.6) is 0 Å². The monoisotopic (exact) mass is 346 g/mol. The molecule has 2 aromatic carbocycles. The highest BCUT2D eigenvalue weighted by Crippen LogP contribution is 2.27. The Bertz CT molecular complexity index is 673. The van der Waals surface area contributed by atoms with Crippen LogP contribution >= 0.6 is 27.3 Å². The first-order valence-electron chi connectivity index (χ1n) is 6.56. The number of para-hydroxylation sites is 1. The number of hydrogen-bond donors (Lipinski definition) is 1. The van der Waals surface area contributed by atoms with Gasteiger partial charge < -0.3 is 5.73 Å². The molecule has 0 saturated heterocycles. The van der Waals surface area contributed by atoms with Crippen molar-refractivity contribution in [2.45, 2.75) is 12.3 Å². The Hall–Kier alpha value is -1.23. The van der Waals surface area contributed by atoms with Gasteiger partial charge in [0.1, 0.15) is 0 Å². The highest BCUT2D eigenvalue weighted by atomic mass is 79.9. The minimum atomic E-state index is 0.323. The van der Waals surface area contributed by atoms with Gasteiger partial charge >= 0.3 is 0 Å². The van der Waals surface area contributed by atoms with E-state index in [-0.39, 0.29) is 0 Å². The van der Waals surface area contributed by atoms with Crippen molar-refractivity contribution in [1.29, 1.82) is 0 Å². The molecule has 1 aromatic heterocycles. The molecule has 4 heteroatoms. The molecule has 0 bridgehead atoms. The van der Waals surface area contributed by atoms with Gasteiger partial charge in [0, 0.05) is 16.8 Å². The summed E-state index contributed by atoms with van der Waals surface area (Å²) in [6, 6.07) is 16.7. The maximum absolute atomic E-state index is 5.95. The molecule has 0 amide bonds. The lowest BCUT2D eigenvalue weighted by Crippen LogP contribution is -2.14. The van der Waals surface area contributed by atoms with Crippen molar-refractivity contribution in [2.75, 3.05) is 6.54 Å². The molecule has 0 aliphatic heterocycles. The van der Waals surface area contributed by atoms with E-state index >= 15 is 0 Å². The number of aromatic nitrogens is 1. The first-order valence-corrected chi connectivity index (χ1v) is 8.17. The molecule has 20 heavy (non-hydrogen) atoms. The van der Waals surface area contributed by atoms with Gasteiger partial charge in [-0.15, -0.1) is 11.3 Å². The van der Waals surface area contributed by atoms with Crippen molar-refractivity contribution < 1.29 is 0 Å². The van der Waals surface area contributed by atoms with Gasteiger partial charge in [-0.25, -0.2) is 4.98 Å². The predicted octanol–water partition coefficient (Wildman–Crippen LogP) is 4.34. The maximum Gasteiger partial charge on any atom is 0.0945 e. The SMILES string of the molecule is NCC(Cc1nc2ccccc2s1)c1ccc(Br)cc1. The number of benzene rings is 2. The van der Waals surface area contributed by atoms with Gasteiger partial charge in [-0.1, -0.05) is 40.2 Å². The van der Waals surface area contributed by atoms with E-state index < -0.39 is 0 Å². The number of nitrogens with zero attached hydrogens (tertiary/aromatic N) is 1. The van der Waals surface area contributed by atoms with E-state index in [9.17, 15) is 0 Å². The van der Waals surface area contributed by atoms with Crippen molar-refractivity contribution in [3.05, 3.63) is 63.6 Å². The molecule has 2 nitrogen and oxygen atoms in total. The van der Waals surface area contributed by atoms with Crippen LogP contribution in [0.4, 0.5) is 0 Å². The third-order valence-electron chi connectivity index (χ3n) is 3.39. The zero-order valence-electron chi connectivity index (χ0n) is 10.9. The summed E-state index contributed by atoms with van der Waals surface area (Å²) in [4.78, 5) is 4.70. The molecule has 0 spiro atoms. The van der Waals surface area contributed by atoms with Crippen molar-refractivity contribution >= 4 is 37.5 Å². The van der Waals surface area contributed by atoms with Crippen LogP contribution in [0.3, 0.4) is 0 Å². The van der Waals surface area contributed by atoms with Crippen LogP contribution in [0, 0.1) is 0 Å². The number of hydrogen-bond acceptors (Lipinski definition) is 3. The Kier molecular flexibility index (Phi) is 4.15. The third-order valence-corrected chi connectivity index (χ3v) is 4.97. The van der Waals surface area contributed by atoms with Gasteiger partial charge in [0.05, 0.1) is 15.2 Å². The average molecular weight is 347 g/mol. The summed E-state index contributed by atoms with van der Waals surface area (Å²) >= 11 is 5.23. The first-order chi connectivity index (χ1) is 9.76. The third kappa shape index (κ3) is 2.92. The lowest BCUT2D eigenvalue weighted by Gasteiger charge is -2.13. The summed E-state index contributed by atoms with van der Waals surface area (Å²) in [7, 11) is 0. The van der Waals surface area contributed by atoms with Crippen LogP contribution in [0.1, 0.15) is 16.5 Å². The quantitative estimate of drug-likeness (QED) is 0.762. The van der Waals surface area contributed by atoms with Crippen molar-refractivity contribution in [2.24, 2.45) is 5.73 Å². The summed E-state index contributed by atoms with van der Waals surface area (Å²) in [5, 5.41) is 1.16. The van der Waals surface area contributed by atoms with E-state index in [4.69, 9.17) is 10.7 Å². The molecule has 0 fully saturated rings. The number of thiazole rings is 1. The van der Waals surface area contributed by atoms with Crippen LogP contribution in [-0.4, -0.2) is 11.5 Å². The highest BCUT2D eigenvalue weighted by molar-refractivity contribution is 9.10. The second-order valence-electron chi connectivity index (χ2n) is 4.76. The van der Waals surface area contributed by atoms with Crippen LogP contribution in [0.15, 0.2) is 53.0 Å². The van der Waals surface area contributed by atoms with Crippen LogP contribution in [0.25, 0.3) is 10.2 Å². The van der Waals surface area contributed by atoms with Crippen molar-refractivity contribution in [1.82, 2.24) is 4.98 Å². The largest absolute Gasteiger partial charge is 0.330 e. The molecule has 0 aliphatic rings. The Morgan fingerprint density at radius 2 is 1.85 bits per heavy atom. The Morgan fingerprint density at radius 1 is 1.10 bits per heavy atom. The molecular weight excluding hydrogens is 332 g/mol. The molecule has 0 radical (unpaired) electrons. The molecule has 1 unspecified atom stereocenters. The summed E-state index contributed by atoms with van der Waals surface area (Å²) < 4.78 is 2.34. The minimum Gasteiger partial charge on any atom is -0.330 e. The van der Waals surface area contributed by atoms with Crippen LogP contribution < -0.4 is 5.73 Å². The standard InChI is InChI=1S/C16H15BrN2S/c17-13-7-5-11(6-8-13)12(10-18)9-16-19-14-3-1-2-4-15(14)20-16/h1-8,12H,9-10,18H2. The molecule has 3 rings (SSSR count). The van der Waals surface area contributed by atoms with Gasteiger partial charge in [0.15, 0.2) is 0 Å². The molecule has 0 aliphatic carbocycles. The van der Waals surface area contributed by atoms with Crippen LogP contribution in [0.2, 0.25) is 0 Å². The van der Waals surface area contributed by atoms with E-state index in [1.54, 1.807) is 11.3 Å². The molecule has 0 saturated carbocycles. The normalized spacial score (nSPS) is 12.7. The fourth-order valence-electron chi connectivity index (χ4n) is 2.29. The Balaban J connectivity index is 1.85. The number of nitrogens with two attached hydrogens (primary N) is 1. The van der Waals surface area contributed by atoms with Crippen molar-refractivity contribution in [3.8, 4) is 0 Å².